The van der Waals surface area contributed by atoms with Crippen LogP contribution >= 0.6 is 0 Å². The molecule has 2 heterocycles. The number of nitrogens with one attached hydrogen (secondary N) is 1. The minimum atomic E-state index is -0.509. The Labute approximate surface area is 183 Å². The molecule has 0 aliphatic carbocycles. The molecule has 0 saturated heterocycles. The van der Waals surface area contributed by atoms with Gasteiger partial charge < -0.3 is 14.8 Å². The highest BCUT2D eigenvalue weighted by molar-refractivity contribution is 6.04. The van der Waals surface area contributed by atoms with E-state index < -0.39 is 5.92 Å². The van der Waals surface area contributed by atoms with Gasteiger partial charge in [-0.25, -0.2) is 0 Å². The molecule has 0 radical (unpaired) electrons. The molecule has 2 atom stereocenters. The first-order valence-electron chi connectivity index (χ1n) is 10.7. The topological polar surface area (TPSA) is 54.3 Å². The fraction of sp³-hybridized carbons (Fsp3) is 0.308. The maximum absolute atomic E-state index is 13.6. The quantitative estimate of drug-likeness (QED) is 0.651. The van der Waals surface area contributed by atoms with Gasteiger partial charge in [-0.3, -0.25) is 9.59 Å². The van der Waals surface area contributed by atoms with E-state index in [-0.39, 0.29) is 17.9 Å². The van der Waals surface area contributed by atoms with E-state index in [1.807, 2.05) is 67.2 Å². The molecule has 0 fully saturated rings. The highest BCUT2D eigenvalue weighted by atomic mass is 16.2. The second-order valence-electron chi connectivity index (χ2n) is 8.72. The van der Waals surface area contributed by atoms with Crippen LogP contribution in [0.25, 0.3) is 0 Å². The molecule has 5 nitrogen and oxygen atoms in total. The third kappa shape index (κ3) is 3.76. The van der Waals surface area contributed by atoms with Gasteiger partial charge in [-0.15, -0.1) is 0 Å². The van der Waals surface area contributed by atoms with Crippen molar-refractivity contribution in [1.82, 2.24) is 9.47 Å². The number of nitrogens with zero attached hydrogens (tertiary/aromatic N) is 2. The minimum Gasteiger partial charge on any atom is -0.354 e. The lowest BCUT2D eigenvalue weighted by molar-refractivity contribution is -0.119. The largest absolute Gasteiger partial charge is 0.354 e. The standard InChI is InChI=1S/C26H29N3O2/c1-16(2)18-10-12-20(13-11-18)27-25(30)23-21-8-6-7-9-22(21)26(31)29(5)24(23)19-14-17(3)28(4)15-19/h6-16,23-24H,1-5H3,(H,27,30). The normalized spacial score (nSPS) is 18.3. The summed E-state index contributed by atoms with van der Waals surface area (Å²) in [4.78, 5) is 28.4. The predicted octanol–water partition coefficient (Wildman–Crippen LogP) is 5.01. The lowest BCUT2D eigenvalue weighted by atomic mass is 9.80. The number of hydrogen-bond donors (Lipinski definition) is 1. The lowest BCUT2D eigenvalue weighted by Gasteiger charge is -2.39. The van der Waals surface area contributed by atoms with Crippen molar-refractivity contribution in [2.24, 2.45) is 7.05 Å². The van der Waals surface area contributed by atoms with E-state index in [9.17, 15) is 9.59 Å². The number of hydrogen-bond acceptors (Lipinski definition) is 2. The summed E-state index contributed by atoms with van der Waals surface area (Å²) in [5.74, 6) is -0.256. The van der Waals surface area contributed by atoms with Crippen LogP contribution in [0.4, 0.5) is 5.69 Å². The van der Waals surface area contributed by atoms with Gasteiger partial charge in [0.25, 0.3) is 5.91 Å². The zero-order valence-corrected chi connectivity index (χ0v) is 18.7. The predicted molar refractivity (Wildman–Crippen MR) is 123 cm³/mol. The van der Waals surface area contributed by atoms with Gasteiger partial charge in [0.1, 0.15) is 0 Å². The zero-order valence-electron chi connectivity index (χ0n) is 18.7. The number of amides is 2. The molecular weight excluding hydrogens is 386 g/mol. The van der Waals surface area contributed by atoms with Gasteiger partial charge in [0, 0.05) is 37.2 Å². The van der Waals surface area contributed by atoms with E-state index in [1.165, 1.54) is 5.56 Å². The van der Waals surface area contributed by atoms with Crippen LogP contribution in [0.3, 0.4) is 0 Å². The van der Waals surface area contributed by atoms with Gasteiger partial charge in [-0.2, -0.15) is 0 Å². The number of carbonyl (C=O) groups excluding carboxylic acids is 2. The first kappa shape index (κ1) is 20.9. The number of likely N-dealkylation sites (N-methyl/N-ethyl adjacent to an activating group) is 1. The fourth-order valence-electron chi connectivity index (χ4n) is 4.41. The first-order valence-corrected chi connectivity index (χ1v) is 10.7. The molecule has 2 aromatic carbocycles. The fourth-order valence-corrected chi connectivity index (χ4v) is 4.41. The molecule has 1 N–H and O–H groups in total. The van der Waals surface area contributed by atoms with Gasteiger partial charge in [0.05, 0.1) is 12.0 Å². The SMILES string of the molecule is Cc1cc(C2C(C(=O)Nc3ccc(C(C)C)cc3)c3ccccc3C(=O)N2C)cn1C. The molecular formula is C26H29N3O2. The molecule has 1 aromatic heterocycles. The third-order valence-corrected chi connectivity index (χ3v) is 6.32. The maximum Gasteiger partial charge on any atom is 0.254 e. The van der Waals surface area contributed by atoms with Gasteiger partial charge in [0.2, 0.25) is 5.91 Å². The van der Waals surface area contributed by atoms with Crippen LogP contribution < -0.4 is 5.32 Å². The Hall–Kier alpha value is -3.34. The van der Waals surface area contributed by atoms with Crippen LogP contribution in [-0.4, -0.2) is 28.3 Å². The Morgan fingerprint density at radius 3 is 2.32 bits per heavy atom. The Kier molecular flexibility index (Phi) is 5.44. The number of anilines is 1. The molecule has 1 aliphatic heterocycles. The second kappa shape index (κ2) is 8.06. The summed E-state index contributed by atoms with van der Waals surface area (Å²) < 4.78 is 2.02. The number of aryl methyl sites for hydroxylation is 2. The summed E-state index contributed by atoms with van der Waals surface area (Å²) in [5.41, 5.74) is 5.38. The summed E-state index contributed by atoms with van der Waals surface area (Å²) in [6.07, 6.45) is 2.01. The van der Waals surface area contributed by atoms with E-state index in [2.05, 4.69) is 25.2 Å². The highest BCUT2D eigenvalue weighted by Crippen LogP contribution is 2.43. The Morgan fingerprint density at radius 1 is 1.03 bits per heavy atom. The summed E-state index contributed by atoms with van der Waals surface area (Å²) in [6.45, 7) is 6.31. The number of fused-ring (bicyclic) bond motifs is 1. The Morgan fingerprint density at radius 2 is 1.71 bits per heavy atom. The summed E-state index contributed by atoms with van der Waals surface area (Å²) in [7, 11) is 3.76. The van der Waals surface area contributed by atoms with Crippen LogP contribution in [0.1, 0.15) is 64.5 Å². The monoisotopic (exact) mass is 415 g/mol. The summed E-state index contributed by atoms with van der Waals surface area (Å²) >= 11 is 0. The molecule has 1 aliphatic rings. The smallest absolute Gasteiger partial charge is 0.254 e. The molecule has 0 saturated carbocycles. The Bertz CT molecular complexity index is 1110. The zero-order chi connectivity index (χ0) is 22.3. The molecule has 160 valence electrons. The molecule has 4 rings (SSSR count). The van der Waals surface area contributed by atoms with Crippen molar-refractivity contribution in [2.75, 3.05) is 12.4 Å². The average Bonchev–Trinajstić information content (AvgIpc) is 3.08. The minimum absolute atomic E-state index is 0.0626. The summed E-state index contributed by atoms with van der Waals surface area (Å²) in [5, 5.41) is 3.09. The molecule has 0 bridgehead atoms. The number of carbonyl (C=O) groups is 2. The average molecular weight is 416 g/mol. The maximum atomic E-state index is 13.6. The molecule has 31 heavy (non-hydrogen) atoms. The van der Waals surface area contributed by atoms with E-state index >= 15 is 0 Å². The van der Waals surface area contributed by atoms with Crippen molar-refractivity contribution in [3.05, 3.63) is 88.7 Å². The van der Waals surface area contributed by atoms with Crippen LogP contribution in [-0.2, 0) is 11.8 Å². The van der Waals surface area contributed by atoms with Crippen LogP contribution in [0.15, 0.2) is 60.8 Å². The molecule has 3 aromatic rings. The van der Waals surface area contributed by atoms with E-state index in [1.54, 1.807) is 18.0 Å². The molecule has 2 amide bonds. The van der Waals surface area contributed by atoms with E-state index in [0.29, 0.717) is 11.5 Å². The lowest BCUT2D eigenvalue weighted by Crippen LogP contribution is -2.43. The van der Waals surface area contributed by atoms with Crippen molar-refractivity contribution in [3.8, 4) is 0 Å². The van der Waals surface area contributed by atoms with Crippen molar-refractivity contribution in [2.45, 2.75) is 38.6 Å². The van der Waals surface area contributed by atoms with Gasteiger partial charge in [-0.1, -0.05) is 44.2 Å². The third-order valence-electron chi connectivity index (χ3n) is 6.32. The van der Waals surface area contributed by atoms with Gasteiger partial charge >= 0.3 is 0 Å². The van der Waals surface area contributed by atoms with Crippen LogP contribution in [0, 0.1) is 6.92 Å². The highest BCUT2D eigenvalue weighted by Gasteiger charge is 2.43. The second-order valence-corrected chi connectivity index (χ2v) is 8.72. The van der Waals surface area contributed by atoms with Crippen molar-refractivity contribution >= 4 is 17.5 Å². The van der Waals surface area contributed by atoms with E-state index in [0.717, 1.165) is 22.5 Å². The summed E-state index contributed by atoms with van der Waals surface area (Å²) in [6, 6.07) is 17.1. The molecule has 0 spiro atoms. The number of rotatable bonds is 4. The number of aromatic nitrogens is 1. The Balaban J connectivity index is 1.75. The van der Waals surface area contributed by atoms with Crippen LogP contribution in [0.5, 0.6) is 0 Å². The molecule has 5 heteroatoms. The molecule has 2 unspecified atom stereocenters. The van der Waals surface area contributed by atoms with Crippen LogP contribution in [0.2, 0.25) is 0 Å². The van der Waals surface area contributed by atoms with Gasteiger partial charge in [-0.05, 0) is 53.8 Å². The van der Waals surface area contributed by atoms with Crippen molar-refractivity contribution < 1.29 is 9.59 Å². The van der Waals surface area contributed by atoms with E-state index in [4.69, 9.17) is 0 Å². The number of benzene rings is 2. The van der Waals surface area contributed by atoms with Crippen molar-refractivity contribution in [3.63, 3.8) is 0 Å². The van der Waals surface area contributed by atoms with Gasteiger partial charge in [0.15, 0.2) is 0 Å². The van der Waals surface area contributed by atoms with Crippen molar-refractivity contribution in [1.29, 1.82) is 0 Å². The first-order chi connectivity index (χ1) is 14.8.